The van der Waals surface area contributed by atoms with E-state index in [1.807, 2.05) is 12.1 Å². The highest BCUT2D eigenvalue weighted by Gasteiger charge is 2.33. The summed E-state index contributed by atoms with van der Waals surface area (Å²) in [5, 5.41) is 10.3. The molecule has 1 aromatic carbocycles. The first-order valence-corrected chi connectivity index (χ1v) is 6.61. The molecule has 1 aliphatic rings. The van der Waals surface area contributed by atoms with Crippen molar-refractivity contribution in [2.75, 3.05) is 0 Å². The summed E-state index contributed by atoms with van der Waals surface area (Å²) in [6.07, 6.45) is 3.95. The molecule has 2 unspecified atom stereocenters. The largest absolute Gasteiger partial charge is 0.300 e. The SMILES string of the molecule is CC(NC(c1ccc(F)cc1)C1CC1)c1ncn[nH]1. The number of H-pyrrole nitrogens is 1. The molecule has 0 radical (unpaired) electrons. The number of aromatic nitrogens is 3. The van der Waals surface area contributed by atoms with Crippen LogP contribution in [0.1, 0.15) is 43.2 Å². The molecule has 1 saturated carbocycles. The maximum Gasteiger partial charge on any atom is 0.141 e. The highest BCUT2D eigenvalue weighted by molar-refractivity contribution is 5.22. The Morgan fingerprint density at radius 3 is 2.63 bits per heavy atom. The number of nitrogens with zero attached hydrogens (tertiary/aromatic N) is 2. The van der Waals surface area contributed by atoms with E-state index in [1.54, 1.807) is 0 Å². The van der Waals surface area contributed by atoms with Gasteiger partial charge in [-0.15, -0.1) is 0 Å². The summed E-state index contributed by atoms with van der Waals surface area (Å²) in [5.74, 6) is 1.27. The Balaban J connectivity index is 1.76. The van der Waals surface area contributed by atoms with Gasteiger partial charge in [-0.1, -0.05) is 12.1 Å². The second kappa shape index (κ2) is 5.09. The second-order valence-corrected chi connectivity index (χ2v) is 5.13. The van der Waals surface area contributed by atoms with E-state index in [9.17, 15) is 4.39 Å². The van der Waals surface area contributed by atoms with Crippen molar-refractivity contribution in [3.8, 4) is 0 Å². The molecule has 5 heteroatoms. The topological polar surface area (TPSA) is 53.6 Å². The molecular formula is C14H17FN4. The van der Waals surface area contributed by atoms with Gasteiger partial charge < -0.3 is 5.32 Å². The van der Waals surface area contributed by atoms with Crippen molar-refractivity contribution in [1.82, 2.24) is 20.5 Å². The van der Waals surface area contributed by atoms with Crippen LogP contribution in [0, 0.1) is 11.7 Å². The molecule has 2 aromatic rings. The van der Waals surface area contributed by atoms with Crippen molar-refractivity contribution in [2.24, 2.45) is 5.92 Å². The number of rotatable bonds is 5. The fourth-order valence-corrected chi connectivity index (χ4v) is 2.38. The Morgan fingerprint density at radius 2 is 2.05 bits per heavy atom. The van der Waals surface area contributed by atoms with Gasteiger partial charge in [0, 0.05) is 6.04 Å². The molecule has 100 valence electrons. The lowest BCUT2D eigenvalue weighted by atomic mass is 10.0. The average Bonchev–Trinajstić information content (AvgIpc) is 3.10. The van der Waals surface area contributed by atoms with Crippen LogP contribution in [0.2, 0.25) is 0 Å². The predicted octanol–water partition coefficient (Wildman–Crippen LogP) is 2.75. The Bertz CT molecular complexity index is 519. The minimum absolute atomic E-state index is 0.0955. The molecule has 0 aliphatic heterocycles. The van der Waals surface area contributed by atoms with Crippen LogP contribution >= 0.6 is 0 Å². The lowest BCUT2D eigenvalue weighted by molar-refractivity contribution is 0.416. The molecule has 1 heterocycles. The summed E-state index contributed by atoms with van der Waals surface area (Å²) in [7, 11) is 0. The van der Waals surface area contributed by atoms with Gasteiger partial charge in [0.15, 0.2) is 0 Å². The van der Waals surface area contributed by atoms with Crippen LogP contribution in [0.3, 0.4) is 0 Å². The normalized spacial score (nSPS) is 18.2. The second-order valence-electron chi connectivity index (χ2n) is 5.13. The third-order valence-electron chi connectivity index (χ3n) is 3.60. The average molecular weight is 260 g/mol. The lowest BCUT2D eigenvalue weighted by Gasteiger charge is -2.22. The van der Waals surface area contributed by atoms with E-state index in [1.165, 1.54) is 31.3 Å². The van der Waals surface area contributed by atoms with E-state index in [0.717, 1.165) is 11.4 Å². The molecule has 0 saturated heterocycles. The van der Waals surface area contributed by atoms with Crippen LogP contribution in [0.25, 0.3) is 0 Å². The zero-order valence-electron chi connectivity index (χ0n) is 10.8. The highest BCUT2D eigenvalue weighted by Crippen LogP contribution is 2.41. The van der Waals surface area contributed by atoms with Crippen molar-refractivity contribution in [1.29, 1.82) is 0 Å². The van der Waals surface area contributed by atoms with Gasteiger partial charge in [0.25, 0.3) is 0 Å². The highest BCUT2D eigenvalue weighted by atomic mass is 19.1. The van der Waals surface area contributed by atoms with E-state index in [2.05, 4.69) is 27.4 Å². The third kappa shape index (κ3) is 2.81. The summed E-state index contributed by atoms with van der Waals surface area (Å²) in [4.78, 5) is 4.17. The molecule has 1 fully saturated rings. The van der Waals surface area contributed by atoms with E-state index in [-0.39, 0.29) is 17.9 Å². The molecule has 0 spiro atoms. The van der Waals surface area contributed by atoms with Crippen LogP contribution in [-0.2, 0) is 0 Å². The molecule has 3 rings (SSSR count). The maximum atomic E-state index is 13.0. The molecule has 2 atom stereocenters. The summed E-state index contributed by atoms with van der Waals surface area (Å²) in [6, 6.07) is 7.10. The van der Waals surface area contributed by atoms with E-state index >= 15 is 0 Å². The standard InChI is InChI=1S/C14H17FN4/c1-9(14-16-8-17-19-14)18-13(10-2-3-10)11-4-6-12(15)7-5-11/h4-10,13,18H,2-3H2,1H3,(H,16,17,19). The molecule has 4 nitrogen and oxygen atoms in total. The van der Waals surface area contributed by atoms with Crippen molar-refractivity contribution in [3.05, 3.63) is 47.8 Å². The third-order valence-corrected chi connectivity index (χ3v) is 3.60. The van der Waals surface area contributed by atoms with E-state index in [4.69, 9.17) is 0 Å². The molecule has 1 aromatic heterocycles. The number of aromatic amines is 1. The molecule has 1 aliphatic carbocycles. The van der Waals surface area contributed by atoms with Gasteiger partial charge in [0.05, 0.1) is 6.04 Å². The minimum atomic E-state index is -0.193. The zero-order valence-corrected chi connectivity index (χ0v) is 10.8. The fourth-order valence-electron chi connectivity index (χ4n) is 2.38. The van der Waals surface area contributed by atoms with Crippen molar-refractivity contribution in [3.63, 3.8) is 0 Å². The van der Waals surface area contributed by atoms with Crippen LogP contribution < -0.4 is 5.32 Å². The Hall–Kier alpha value is -1.75. The molecule has 19 heavy (non-hydrogen) atoms. The van der Waals surface area contributed by atoms with Crippen molar-refractivity contribution in [2.45, 2.75) is 31.8 Å². The van der Waals surface area contributed by atoms with Gasteiger partial charge in [-0.05, 0) is 43.4 Å². The first kappa shape index (κ1) is 12.3. The molecular weight excluding hydrogens is 243 g/mol. The number of halogens is 1. The summed E-state index contributed by atoms with van der Waals surface area (Å²) in [6.45, 7) is 2.05. The molecule has 0 bridgehead atoms. The predicted molar refractivity (Wildman–Crippen MR) is 69.8 cm³/mol. The van der Waals surface area contributed by atoms with Gasteiger partial charge in [-0.25, -0.2) is 9.37 Å². The monoisotopic (exact) mass is 260 g/mol. The first-order valence-electron chi connectivity index (χ1n) is 6.61. The minimum Gasteiger partial charge on any atom is -0.300 e. The Labute approximate surface area is 111 Å². The Kier molecular flexibility index (Phi) is 3.29. The number of nitrogens with one attached hydrogen (secondary N) is 2. The molecule has 0 amide bonds. The molecule has 2 N–H and O–H groups in total. The first-order chi connectivity index (χ1) is 9.24. The Morgan fingerprint density at radius 1 is 1.32 bits per heavy atom. The van der Waals surface area contributed by atoms with Crippen LogP contribution in [0.15, 0.2) is 30.6 Å². The number of hydrogen-bond acceptors (Lipinski definition) is 3. The van der Waals surface area contributed by atoms with Crippen LogP contribution in [-0.4, -0.2) is 15.2 Å². The van der Waals surface area contributed by atoms with Crippen LogP contribution in [0.4, 0.5) is 4.39 Å². The van der Waals surface area contributed by atoms with E-state index < -0.39 is 0 Å². The van der Waals surface area contributed by atoms with Gasteiger partial charge in [-0.3, -0.25) is 5.10 Å². The quantitative estimate of drug-likeness (QED) is 0.869. The smallest absolute Gasteiger partial charge is 0.141 e. The van der Waals surface area contributed by atoms with Gasteiger partial charge in [0.2, 0.25) is 0 Å². The summed E-state index contributed by atoms with van der Waals surface area (Å²) >= 11 is 0. The zero-order chi connectivity index (χ0) is 13.2. The van der Waals surface area contributed by atoms with Gasteiger partial charge in [-0.2, -0.15) is 5.10 Å². The van der Waals surface area contributed by atoms with E-state index in [0.29, 0.717) is 5.92 Å². The van der Waals surface area contributed by atoms with Gasteiger partial charge in [0.1, 0.15) is 18.0 Å². The fraction of sp³-hybridized carbons (Fsp3) is 0.429. The lowest BCUT2D eigenvalue weighted by Crippen LogP contribution is -2.27. The summed E-state index contributed by atoms with van der Waals surface area (Å²) in [5.41, 5.74) is 1.13. The van der Waals surface area contributed by atoms with Crippen molar-refractivity contribution < 1.29 is 4.39 Å². The maximum absolute atomic E-state index is 13.0. The van der Waals surface area contributed by atoms with Crippen LogP contribution in [0.5, 0.6) is 0 Å². The summed E-state index contributed by atoms with van der Waals surface area (Å²) < 4.78 is 13.0. The number of hydrogen-bond donors (Lipinski definition) is 2. The van der Waals surface area contributed by atoms with Crippen molar-refractivity contribution >= 4 is 0 Å². The number of benzene rings is 1. The van der Waals surface area contributed by atoms with Gasteiger partial charge >= 0.3 is 0 Å².